The van der Waals surface area contributed by atoms with Crippen LogP contribution in [0.4, 0.5) is 0 Å². The molecule has 0 aliphatic heterocycles. The Labute approximate surface area is 92.3 Å². The lowest BCUT2D eigenvalue weighted by Gasteiger charge is -2.20. The van der Waals surface area contributed by atoms with Gasteiger partial charge in [0.1, 0.15) is 11.4 Å². The van der Waals surface area contributed by atoms with Gasteiger partial charge in [0.25, 0.3) is 0 Å². The van der Waals surface area contributed by atoms with E-state index in [1.165, 1.54) is 25.7 Å². The zero-order valence-corrected chi connectivity index (χ0v) is 9.83. The standard InChI is InChI=1S/C13H22O2/c1-3-4-5-6-7-10-13(2,14)12-9-8-11-15-12/h8-9,11,14H,3-7,10H2,1-2H3. The summed E-state index contributed by atoms with van der Waals surface area (Å²) >= 11 is 0. The highest BCUT2D eigenvalue weighted by atomic mass is 16.4. The molecule has 2 heteroatoms. The van der Waals surface area contributed by atoms with Gasteiger partial charge < -0.3 is 9.52 Å². The highest BCUT2D eigenvalue weighted by Gasteiger charge is 2.24. The summed E-state index contributed by atoms with van der Waals surface area (Å²) in [7, 11) is 0. The molecule has 0 amide bonds. The van der Waals surface area contributed by atoms with E-state index in [-0.39, 0.29) is 0 Å². The summed E-state index contributed by atoms with van der Waals surface area (Å²) in [5, 5.41) is 10.1. The van der Waals surface area contributed by atoms with Crippen LogP contribution < -0.4 is 0 Å². The second-order valence-corrected chi connectivity index (χ2v) is 4.42. The Balaban J connectivity index is 2.25. The van der Waals surface area contributed by atoms with Crippen molar-refractivity contribution in [3.8, 4) is 0 Å². The van der Waals surface area contributed by atoms with Crippen LogP contribution in [-0.2, 0) is 5.60 Å². The second kappa shape index (κ2) is 5.96. The maximum atomic E-state index is 10.1. The van der Waals surface area contributed by atoms with Crippen LogP contribution >= 0.6 is 0 Å². The quantitative estimate of drug-likeness (QED) is 0.693. The Morgan fingerprint density at radius 2 is 2.00 bits per heavy atom. The Bertz CT molecular complexity index is 250. The van der Waals surface area contributed by atoms with Gasteiger partial charge in [-0.2, -0.15) is 0 Å². The third-order valence-corrected chi connectivity index (χ3v) is 2.82. The van der Waals surface area contributed by atoms with Gasteiger partial charge in [-0.3, -0.25) is 0 Å². The van der Waals surface area contributed by atoms with Crippen molar-refractivity contribution in [3.63, 3.8) is 0 Å². The third-order valence-electron chi connectivity index (χ3n) is 2.82. The van der Waals surface area contributed by atoms with Crippen LogP contribution in [0.3, 0.4) is 0 Å². The summed E-state index contributed by atoms with van der Waals surface area (Å²) in [6.07, 6.45) is 8.48. The molecule has 1 aromatic heterocycles. The molecule has 0 aliphatic carbocycles. The molecule has 0 saturated carbocycles. The highest BCUT2D eigenvalue weighted by molar-refractivity contribution is 5.07. The van der Waals surface area contributed by atoms with Crippen LogP contribution in [0.5, 0.6) is 0 Å². The van der Waals surface area contributed by atoms with E-state index >= 15 is 0 Å². The molecule has 0 fully saturated rings. The van der Waals surface area contributed by atoms with Crippen molar-refractivity contribution in [2.45, 2.75) is 58.0 Å². The lowest BCUT2D eigenvalue weighted by Crippen LogP contribution is -2.19. The average molecular weight is 210 g/mol. The number of furan rings is 1. The lowest BCUT2D eigenvalue weighted by molar-refractivity contribution is 0.0227. The SMILES string of the molecule is CCCCCCCC(C)(O)c1ccco1. The first-order chi connectivity index (χ1) is 7.17. The van der Waals surface area contributed by atoms with E-state index in [0.29, 0.717) is 5.76 Å². The lowest BCUT2D eigenvalue weighted by atomic mass is 9.95. The molecular formula is C13H22O2. The van der Waals surface area contributed by atoms with Crippen LogP contribution in [0.15, 0.2) is 22.8 Å². The predicted molar refractivity (Wildman–Crippen MR) is 61.7 cm³/mol. The van der Waals surface area contributed by atoms with Gasteiger partial charge in [-0.25, -0.2) is 0 Å². The first kappa shape index (κ1) is 12.3. The van der Waals surface area contributed by atoms with Gasteiger partial charge in [-0.1, -0.05) is 39.0 Å². The van der Waals surface area contributed by atoms with Crippen molar-refractivity contribution in [1.29, 1.82) is 0 Å². The van der Waals surface area contributed by atoms with Crippen molar-refractivity contribution in [2.75, 3.05) is 0 Å². The summed E-state index contributed by atoms with van der Waals surface area (Å²) in [4.78, 5) is 0. The van der Waals surface area contributed by atoms with E-state index in [4.69, 9.17) is 4.42 Å². The molecular weight excluding hydrogens is 188 g/mol. The number of hydrogen-bond acceptors (Lipinski definition) is 2. The van der Waals surface area contributed by atoms with E-state index < -0.39 is 5.60 Å². The summed E-state index contributed by atoms with van der Waals surface area (Å²) < 4.78 is 5.23. The second-order valence-electron chi connectivity index (χ2n) is 4.42. The molecule has 15 heavy (non-hydrogen) atoms. The summed E-state index contributed by atoms with van der Waals surface area (Å²) in [5.41, 5.74) is -0.796. The van der Waals surface area contributed by atoms with Crippen LogP contribution in [0, 0.1) is 0 Å². The zero-order chi connectivity index (χ0) is 11.1. The fourth-order valence-corrected chi connectivity index (χ4v) is 1.78. The number of aliphatic hydroxyl groups is 1. The van der Waals surface area contributed by atoms with Gasteiger partial charge in [-0.05, 0) is 25.5 Å². The van der Waals surface area contributed by atoms with Gasteiger partial charge in [0, 0.05) is 0 Å². The molecule has 0 radical (unpaired) electrons. The van der Waals surface area contributed by atoms with Crippen molar-refractivity contribution in [1.82, 2.24) is 0 Å². The molecule has 0 bridgehead atoms. The van der Waals surface area contributed by atoms with E-state index in [9.17, 15) is 5.11 Å². The molecule has 1 atom stereocenters. The van der Waals surface area contributed by atoms with E-state index in [1.54, 1.807) is 6.26 Å². The molecule has 0 aromatic carbocycles. The van der Waals surface area contributed by atoms with Crippen LogP contribution in [0.25, 0.3) is 0 Å². The summed E-state index contributed by atoms with van der Waals surface area (Å²) in [5.74, 6) is 0.679. The predicted octanol–water partition coefficient (Wildman–Crippen LogP) is 3.85. The first-order valence-corrected chi connectivity index (χ1v) is 5.93. The van der Waals surface area contributed by atoms with Gasteiger partial charge in [0.05, 0.1) is 6.26 Å². The Morgan fingerprint density at radius 1 is 1.27 bits per heavy atom. The summed E-state index contributed by atoms with van der Waals surface area (Å²) in [6.45, 7) is 4.03. The zero-order valence-electron chi connectivity index (χ0n) is 9.83. The van der Waals surface area contributed by atoms with Crippen LogP contribution in [-0.4, -0.2) is 5.11 Å². The van der Waals surface area contributed by atoms with Crippen LogP contribution in [0.1, 0.15) is 58.1 Å². The highest BCUT2D eigenvalue weighted by Crippen LogP contribution is 2.27. The van der Waals surface area contributed by atoms with Crippen LogP contribution in [0.2, 0.25) is 0 Å². The number of unbranched alkanes of at least 4 members (excludes halogenated alkanes) is 4. The van der Waals surface area contributed by atoms with E-state index in [1.807, 2.05) is 19.1 Å². The smallest absolute Gasteiger partial charge is 0.135 e. The molecule has 1 rings (SSSR count). The average Bonchev–Trinajstić information content (AvgIpc) is 2.70. The maximum Gasteiger partial charge on any atom is 0.135 e. The monoisotopic (exact) mass is 210 g/mol. The fourth-order valence-electron chi connectivity index (χ4n) is 1.78. The minimum Gasteiger partial charge on any atom is -0.466 e. The Morgan fingerprint density at radius 3 is 2.60 bits per heavy atom. The summed E-state index contributed by atoms with van der Waals surface area (Å²) in [6, 6.07) is 3.66. The topological polar surface area (TPSA) is 33.4 Å². The molecule has 86 valence electrons. The van der Waals surface area contributed by atoms with Gasteiger partial charge >= 0.3 is 0 Å². The van der Waals surface area contributed by atoms with Gasteiger partial charge in [-0.15, -0.1) is 0 Å². The number of rotatable bonds is 7. The van der Waals surface area contributed by atoms with E-state index in [2.05, 4.69) is 6.92 Å². The maximum absolute atomic E-state index is 10.1. The van der Waals surface area contributed by atoms with Crippen molar-refractivity contribution in [3.05, 3.63) is 24.2 Å². The van der Waals surface area contributed by atoms with Gasteiger partial charge in [0.2, 0.25) is 0 Å². The van der Waals surface area contributed by atoms with Crippen molar-refractivity contribution < 1.29 is 9.52 Å². The molecule has 2 nitrogen and oxygen atoms in total. The number of hydrogen-bond donors (Lipinski definition) is 1. The molecule has 1 N–H and O–H groups in total. The molecule has 0 spiro atoms. The van der Waals surface area contributed by atoms with Crippen molar-refractivity contribution in [2.24, 2.45) is 0 Å². The van der Waals surface area contributed by atoms with Gasteiger partial charge in [0.15, 0.2) is 0 Å². The Hall–Kier alpha value is -0.760. The molecule has 0 saturated heterocycles. The minimum atomic E-state index is -0.796. The largest absolute Gasteiger partial charge is 0.466 e. The first-order valence-electron chi connectivity index (χ1n) is 5.93. The molecule has 1 aromatic rings. The van der Waals surface area contributed by atoms with Crippen molar-refractivity contribution >= 4 is 0 Å². The van der Waals surface area contributed by atoms with E-state index in [0.717, 1.165) is 12.8 Å². The molecule has 1 unspecified atom stereocenters. The Kier molecular flexibility index (Phi) is 4.89. The normalized spacial score (nSPS) is 15.1. The molecule has 1 heterocycles. The minimum absolute atomic E-state index is 0.679. The fraction of sp³-hybridized carbons (Fsp3) is 0.692. The third kappa shape index (κ3) is 4.08. The molecule has 0 aliphatic rings.